The average molecular weight is 251 g/mol. The van der Waals surface area contributed by atoms with Crippen molar-refractivity contribution < 1.29 is 32.1 Å². The lowest BCUT2D eigenvalue weighted by Crippen LogP contribution is -2.40. The number of aliphatic hydroxyl groups is 1. The maximum absolute atomic E-state index is 12.9. The van der Waals surface area contributed by atoms with Crippen molar-refractivity contribution in [2.24, 2.45) is 0 Å². The first-order valence-corrected chi connectivity index (χ1v) is 4.10. The number of aliphatic hydroxyl groups excluding tert-OH is 1. The summed E-state index contributed by atoms with van der Waals surface area (Å²) in [7, 11) is 0. The maximum atomic E-state index is 12.9. The summed E-state index contributed by atoms with van der Waals surface area (Å²) in [5.41, 5.74) is -0.703. The summed E-state index contributed by atoms with van der Waals surface area (Å²) < 4.78 is 57.8. The fraction of sp³-hybridized carbons (Fsp3) is 0.222. The second-order valence-corrected chi connectivity index (χ2v) is 2.78. The van der Waals surface area contributed by atoms with Gasteiger partial charge in [0.2, 0.25) is 0 Å². The minimum Gasteiger partial charge on any atom is -0.443 e. The van der Waals surface area contributed by atoms with Gasteiger partial charge in [0.05, 0.1) is 5.56 Å². The van der Waals surface area contributed by atoms with Gasteiger partial charge in [0.25, 0.3) is 6.26 Å². The Kier molecular flexibility index (Phi) is 3.43. The summed E-state index contributed by atoms with van der Waals surface area (Å²) in [6.07, 6.45) is -7.57. The zero-order valence-electron chi connectivity index (χ0n) is 8.03. The molecule has 0 saturated carbocycles. The van der Waals surface area contributed by atoms with E-state index in [4.69, 9.17) is 10.4 Å². The van der Waals surface area contributed by atoms with Crippen molar-refractivity contribution in [1.82, 2.24) is 0 Å². The van der Waals surface area contributed by atoms with Crippen LogP contribution in [0.15, 0.2) is 24.3 Å². The Balaban J connectivity index is 0.000000437. The molecule has 0 bridgehead atoms. The molecule has 17 heavy (non-hydrogen) atoms. The highest BCUT2D eigenvalue weighted by molar-refractivity contribution is 5.36. The summed E-state index contributed by atoms with van der Waals surface area (Å²) in [5, 5.41) is 13.8. The van der Waals surface area contributed by atoms with Crippen LogP contribution in [0.4, 0.5) is 17.6 Å². The van der Waals surface area contributed by atoms with E-state index in [1.54, 1.807) is 0 Å². The lowest BCUT2D eigenvalue weighted by Gasteiger charge is -2.30. The smallest absolute Gasteiger partial charge is 0.443 e. The second kappa shape index (κ2) is 4.47. The van der Waals surface area contributed by atoms with E-state index < -0.39 is 23.7 Å². The Labute approximate surface area is 92.6 Å². The Morgan fingerprint density at radius 1 is 1.18 bits per heavy atom. The maximum Gasteiger partial charge on any atom is 0.540 e. The standard InChI is InChI=1S/C8H4F4O2.CHNO/c9-7(10)5-3-1-2-4-6(5)13-8(11,12)14-7;2-1-3/h1-4H;3H. The van der Waals surface area contributed by atoms with Gasteiger partial charge in [-0.2, -0.15) is 14.0 Å². The predicted molar refractivity (Wildman–Crippen MR) is 44.5 cm³/mol. The van der Waals surface area contributed by atoms with Crippen molar-refractivity contribution in [3.05, 3.63) is 29.8 Å². The largest absolute Gasteiger partial charge is 0.540 e. The molecule has 4 nitrogen and oxygen atoms in total. The van der Waals surface area contributed by atoms with Crippen LogP contribution in [0.2, 0.25) is 0 Å². The van der Waals surface area contributed by atoms with Crippen LogP contribution in [0, 0.1) is 11.5 Å². The van der Waals surface area contributed by atoms with E-state index in [1.165, 1.54) is 12.1 Å². The molecule has 0 atom stereocenters. The van der Waals surface area contributed by atoms with Gasteiger partial charge in [-0.25, -0.2) is 4.74 Å². The third-order valence-corrected chi connectivity index (χ3v) is 1.68. The topological polar surface area (TPSA) is 62.5 Å². The zero-order valence-corrected chi connectivity index (χ0v) is 8.03. The third kappa shape index (κ3) is 2.98. The fourth-order valence-electron chi connectivity index (χ4n) is 1.15. The molecule has 1 heterocycles. The summed E-state index contributed by atoms with van der Waals surface area (Å²) in [4.78, 5) is 0. The van der Waals surface area contributed by atoms with Crippen LogP contribution < -0.4 is 4.74 Å². The minimum atomic E-state index is -4.29. The predicted octanol–water partition coefficient (Wildman–Crippen LogP) is 2.54. The van der Waals surface area contributed by atoms with Crippen LogP contribution in [0.1, 0.15) is 5.56 Å². The van der Waals surface area contributed by atoms with Crippen molar-refractivity contribution in [1.29, 1.82) is 5.26 Å². The molecule has 1 aromatic rings. The number of alkyl halides is 4. The third-order valence-electron chi connectivity index (χ3n) is 1.68. The van der Waals surface area contributed by atoms with Crippen LogP contribution in [0.25, 0.3) is 0 Å². The van der Waals surface area contributed by atoms with Crippen LogP contribution >= 0.6 is 0 Å². The van der Waals surface area contributed by atoms with Crippen LogP contribution in [0.3, 0.4) is 0 Å². The first kappa shape index (κ1) is 13.1. The van der Waals surface area contributed by atoms with Gasteiger partial charge in [0.1, 0.15) is 5.75 Å². The van der Waals surface area contributed by atoms with E-state index >= 15 is 0 Å². The van der Waals surface area contributed by atoms with E-state index in [0.717, 1.165) is 18.4 Å². The van der Waals surface area contributed by atoms with Gasteiger partial charge >= 0.3 is 12.4 Å². The number of nitrogens with zero attached hydrogens (tertiary/aromatic N) is 1. The molecule has 0 amide bonds. The number of para-hydroxylation sites is 1. The summed E-state index contributed by atoms with van der Waals surface area (Å²) >= 11 is 0. The summed E-state index contributed by atoms with van der Waals surface area (Å²) in [5.74, 6) is -0.575. The number of hydrogen-bond acceptors (Lipinski definition) is 4. The van der Waals surface area contributed by atoms with E-state index in [9.17, 15) is 17.6 Å². The highest BCUT2D eigenvalue weighted by Crippen LogP contribution is 2.45. The SMILES string of the molecule is FC1(F)Oc2ccccc2C(F)(F)O1.N#CO. The molecule has 1 N–H and O–H groups in total. The molecule has 0 spiro atoms. The summed E-state index contributed by atoms with van der Waals surface area (Å²) in [6, 6.07) is 4.59. The van der Waals surface area contributed by atoms with Crippen LogP contribution in [0.5, 0.6) is 5.75 Å². The molecule has 0 fully saturated rings. The second-order valence-electron chi connectivity index (χ2n) is 2.78. The Hall–Kier alpha value is -2.01. The Morgan fingerprint density at radius 2 is 1.71 bits per heavy atom. The zero-order chi connectivity index (χ0) is 13.1. The van der Waals surface area contributed by atoms with Gasteiger partial charge in [-0.1, -0.05) is 12.1 Å². The Bertz CT molecular complexity index is 444. The number of fused-ring (bicyclic) bond motifs is 1. The van der Waals surface area contributed by atoms with Gasteiger partial charge in [0.15, 0.2) is 0 Å². The average Bonchev–Trinajstić information content (AvgIpc) is 2.15. The number of hydrogen-bond donors (Lipinski definition) is 1. The normalized spacial score (nSPS) is 18.8. The lowest BCUT2D eigenvalue weighted by molar-refractivity contribution is -0.461. The lowest BCUT2D eigenvalue weighted by atomic mass is 10.2. The van der Waals surface area contributed by atoms with E-state index in [0.29, 0.717) is 0 Å². The fourth-order valence-corrected chi connectivity index (χ4v) is 1.15. The highest BCUT2D eigenvalue weighted by atomic mass is 19.3. The highest BCUT2D eigenvalue weighted by Gasteiger charge is 2.54. The number of nitriles is 1. The van der Waals surface area contributed by atoms with Crippen molar-refractivity contribution >= 4 is 0 Å². The van der Waals surface area contributed by atoms with E-state index in [-0.39, 0.29) is 0 Å². The van der Waals surface area contributed by atoms with Gasteiger partial charge in [-0.05, 0) is 12.1 Å². The Morgan fingerprint density at radius 3 is 2.29 bits per heavy atom. The van der Waals surface area contributed by atoms with Crippen LogP contribution in [-0.4, -0.2) is 11.4 Å². The molecular weight excluding hydrogens is 246 g/mol. The van der Waals surface area contributed by atoms with Crippen molar-refractivity contribution in [3.8, 4) is 12.0 Å². The minimum absolute atomic E-state index is 0.575. The number of halogens is 4. The number of rotatable bonds is 0. The molecule has 0 unspecified atom stereocenters. The van der Waals surface area contributed by atoms with Gasteiger partial charge in [-0.3, -0.25) is 0 Å². The van der Waals surface area contributed by atoms with Crippen LogP contribution in [-0.2, 0) is 10.8 Å². The van der Waals surface area contributed by atoms with Crippen molar-refractivity contribution in [2.75, 3.05) is 0 Å². The van der Waals surface area contributed by atoms with E-state index in [2.05, 4.69) is 9.47 Å². The quantitative estimate of drug-likeness (QED) is 0.568. The number of ether oxygens (including phenoxy) is 2. The first-order valence-electron chi connectivity index (χ1n) is 4.10. The monoisotopic (exact) mass is 251 g/mol. The molecular formula is C9H5F4NO3. The van der Waals surface area contributed by atoms with Gasteiger partial charge < -0.3 is 9.84 Å². The molecule has 0 saturated heterocycles. The molecule has 92 valence electrons. The van der Waals surface area contributed by atoms with E-state index in [1.807, 2.05) is 0 Å². The molecule has 0 radical (unpaired) electrons. The summed E-state index contributed by atoms with van der Waals surface area (Å²) in [6.45, 7) is 0. The molecule has 1 aromatic carbocycles. The first-order chi connectivity index (χ1) is 7.82. The van der Waals surface area contributed by atoms with Gasteiger partial charge in [-0.15, -0.1) is 8.78 Å². The molecule has 0 aromatic heterocycles. The van der Waals surface area contributed by atoms with Crippen molar-refractivity contribution in [3.63, 3.8) is 0 Å². The van der Waals surface area contributed by atoms with Gasteiger partial charge in [0, 0.05) is 0 Å². The molecule has 0 aliphatic carbocycles. The van der Waals surface area contributed by atoms with Crippen molar-refractivity contribution in [2.45, 2.75) is 12.4 Å². The number of benzene rings is 1. The molecule has 1 aliphatic rings. The molecule has 1 aliphatic heterocycles. The molecule has 8 heteroatoms. The molecule has 2 rings (SSSR count).